The predicted molar refractivity (Wildman–Crippen MR) is 67.6 cm³/mol. The van der Waals surface area contributed by atoms with E-state index in [1.54, 1.807) is 6.20 Å². The third-order valence-electron chi connectivity index (χ3n) is 2.49. The van der Waals surface area contributed by atoms with E-state index >= 15 is 0 Å². The number of carboxylic acid groups (broad SMARTS) is 1. The van der Waals surface area contributed by atoms with Gasteiger partial charge >= 0.3 is 12.0 Å². The number of nitrogens with one attached hydrogen (secondary N) is 1. The standard InChI is InChI=1S/C11H17N5O4/c12-11(20)13-9(17)5-6-16-7-8(14-15-16)3-1-2-4-10(18)19/h7H,1-6H2,(H,18,19)(H3,12,13,17,20). The van der Waals surface area contributed by atoms with E-state index in [0.717, 1.165) is 5.69 Å². The van der Waals surface area contributed by atoms with E-state index < -0.39 is 17.9 Å². The Balaban J connectivity index is 2.27. The second-order valence-corrected chi connectivity index (χ2v) is 4.24. The Morgan fingerprint density at radius 2 is 2.05 bits per heavy atom. The van der Waals surface area contributed by atoms with E-state index in [2.05, 4.69) is 10.3 Å². The number of aromatic nitrogens is 3. The minimum atomic E-state index is -0.882. The molecule has 0 fully saturated rings. The quantitative estimate of drug-likeness (QED) is 0.557. The Kier molecular flexibility index (Phi) is 6.14. The van der Waals surface area contributed by atoms with Crippen molar-refractivity contribution in [3.05, 3.63) is 11.9 Å². The summed E-state index contributed by atoms with van der Waals surface area (Å²) in [5.74, 6) is -1.29. The molecule has 0 saturated heterocycles. The monoisotopic (exact) mass is 283 g/mol. The first kappa shape index (κ1) is 15.6. The summed E-state index contributed by atoms with van der Waals surface area (Å²) in [5, 5.41) is 18.2. The molecule has 0 aliphatic heterocycles. The van der Waals surface area contributed by atoms with Crippen molar-refractivity contribution >= 4 is 17.9 Å². The number of rotatable bonds is 8. The first-order valence-corrected chi connectivity index (χ1v) is 6.17. The lowest BCUT2D eigenvalue weighted by Gasteiger charge is -2.00. The Labute approximate surface area is 115 Å². The summed E-state index contributed by atoms with van der Waals surface area (Å²) in [5.41, 5.74) is 5.55. The van der Waals surface area contributed by atoms with E-state index in [1.165, 1.54) is 4.68 Å². The fraction of sp³-hybridized carbons (Fsp3) is 0.545. The number of urea groups is 1. The number of primary amides is 1. The minimum absolute atomic E-state index is 0.0742. The van der Waals surface area contributed by atoms with Gasteiger partial charge in [0.05, 0.1) is 12.2 Å². The number of imide groups is 1. The van der Waals surface area contributed by atoms with Gasteiger partial charge in [-0.3, -0.25) is 19.6 Å². The zero-order valence-electron chi connectivity index (χ0n) is 10.9. The van der Waals surface area contributed by atoms with E-state index in [1.807, 2.05) is 5.32 Å². The van der Waals surface area contributed by atoms with Gasteiger partial charge in [0, 0.05) is 19.0 Å². The van der Waals surface area contributed by atoms with Crippen LogP contribution in [-0.4, -0.2) is 38.0 Å². The molecule has 1 rings (SSSR count). The van der Waals surface area contributed by atoms with Gasteiger partial charge in [0.15, 0.2) is 0 Å². The van der Waals surface area contributed by atoms with Gasteiger partial charge in [0.25, 0.3) is 0 Å². The number of unbranched alkanes of at least 4 members (excludes halogenated alkanes) is 1. The van der Waals surface area contributed by atoms with Crippen molar-refractivity contribution in [2.75, 3.05) is 0 Å². The van der Waals surface area contributed by atoms with Gasteiger partial charge in [-0.05, 0) is 19.3 Å². The summed E-state index contributed by atoms with van der Waals surface area (Å²) < 4.78 is 1.49. The van der Waals surface area contributed by atoms with Crippen LogP contribution in [-0.2, 0) is 22.6 Å². The SMILES string of the molecule is NC(=O)NC(=O)CCn1cc(CCCCC(=O)O)nn1. The number of aliphatic carboxylic acids is 1. The molecule has 0 aromatic carbocycles. The Bertz CT molecular complexity index is 485. The van der Waals surface area contributed by atoms with Crippen LogP contribution in [0.4, 0.5) is 4.79 Å². The summed E-state index contributed by atoms with van der Waals surface area (Å²) in [7, 11) is 0. The summed E-state index contributed by atoms with van der Waals surface area (Å²) in [6.45, 7) is 0.293. The molecule has 0 unspecified atom stereocenters. The van der Waals surface area contributed by atoms with Crippen LogP contribution in [0.1, 0.15) is 31.4 Å². The molecule has 110 valence electrons. The van der Waals surface area contributed by atoms with Crippen molar-refractivity contribution in [3.63, 3.8) is 0 Å². The van der Waals surface area contributed by atoms with Crippen LogP contribution in [0.2, 0.25) is 0 Å². The zero-order chi connectivity index (χ0) is 15.0. The van der Waals surface area contributed by atoms with Crippen molar-refractivity contribution in [2.45, 2.75) is 38.6 Å². The summed E-state index contributed by atoms with van der Waals surface area (Å²) >= 11 is 0. The minimum Gasteiger partial charge on any atom is -0.481 e. The van der Waals surface area contributed by atoms with E-state index in [0.29, 0.717) is 25.8 Å². The number of hydrogen-bond donors (Lipinski definition) is 3. The molecular weight excluding hydrogens is 266 g/mol. The molecule has 0 atom stereocenters. The molecule has 0 bridgehead atoms. The summed E-state index contributed by atoms with van der Waals surface area (Å²) in [6, 6.07) is -0.882. The van der Waals surface area contributed by atoms with Crippen LogP contribution < -0.4 is 11.1 Å². The summed E-state index contributed by atoms with van der Waals surface area (Å²) in [6.07, 6.45) is 3.85. The van der Waals surface area contributed by atoms with Gasteiger partial charge in [-0.15, -0.1) is 5.10 Å². The molecule has 3 amide bonds. The third-order valence-corrected chi connectivity index (χ3v) is 2.49. The predicted octanol–water partition coefficient (Wildman–Crippen LogP) is -0.340. The van der Waals surface area contributed by atoms with E-state index in [9.17, 15) is 14.4 Å². The van der Waals surface area contributed by atoms with E-state index in [-0.39, 0.29) is 12.8 Å². The number of aryl methyl sites for hydroxylation is 2. The van der Waals surface area contributed by atoms with Crippen LogP contribution in [0.3, 0.4) is 0 Å². The van der Waals surface area contributed by atoms with E-state index in [4.69, 9.17) is 10.8 Å². The molecule has 1 heterocycles. The number of carbonyl (C=O) groups is 3. The van der Waals surface area contributed by atoms with Crippen molar-refractivity contribution in [1.29, 1.82) is 0 Å². The first-order valence-electron chi connectivity index (χ1n) is 6.17. The molecule has 0 spiro atoms. The Morgan fingerprint density at radius 3 is 2.70 bits per heavy atom. The molecule has 0 aliphatic rings. The maximum Gasteiger partial charge on any atom is 0.318 e. The fourth-order valence-corrected chi connectivity index (χ4v) is 1.56. The molecule has 9 heteroatoms. The van der Waals surface area contributed by atoms with Crippen LogP contribution >= 0.6 is 0 Å². The fourth-order valence-electron chi connectivity index (χ4n) is 1.56. The highest BCUT2D eigenvalue weighted by Gasteiger charge is 2.06. The average molecular weight is 283 g/mol. The van der Waals surface area contributed by atoms with Gasteiger partial charge in [0.2, 0.25) is 5.91 Å². The molecule has 4 N–H and O–H groups in total. The number of nitrogens with zero attached hydrogens (tertiary/aromatic N) is 3. The molecule has 0 aliphatic carbocycles. The maximum absolute atomic E-state index is 11.2. The van der Waals surface area contributed by atoms with Gasteiger partial charge in [0.1, 0.15) is 0 Å². The lowest BCUT2D eigenvalue weighted by molar-refractivity contribution is -0.137. The number of carbonyl (C=O) groups excluding carboxylic acids is 2. The van der Waals surface area contributed by atoms with Gasteiger partial charge in [-0.25, -0.2) is 4.79 Å². The average Bonchev–Trinajstić information content (AvgIpc) is 2.79. The molecule has 20 heavy (non-hydrogen) atoms. The molecule has 0 saturated carbocycles. The lowest BCUT2D eigenvalue weighted by Crippen LogP contribution is -2.35. The van der Waals surface area contributed by atoms with Crippen molar-refractivity contribution in [3.8, 4) is 0 Å². The molecule has 9 nitrogen and oxygen atoms in total. The van der Waals surface area contributed by atoms with Crippen LogP contribution in [0.15, 0.2) is 6.20 Å². The largest absolute Gasteiger partial charge is 0.481 e. The number of carboxylic acids is 1. The normalized spacial score (nSPS) is 10.2. The first-order chi connectivity index (χ1) is 9.47. The maximum atomic E-state index is 11.2. The van der Waals surface area contributed by atoms with Crippen molar-refractivity contribution < 1.29 is 19.5 Å². The Hall–Kier alpha value is -2.45. The summed E-state index contributed by atoms with van der Waals surface area (Å²) in [4.78, 5) is 32.0. The van der Waals surface area contributed by atoms with Gasteiger partial charge in [-0.2, -0.15) is 0 Å². The highest BCUT2D eigenvalue weighted by molar-refractivity contribution is 5.93. The molecular formula is C11H17N5O4. The van der Waals surface area contributed by atoms with Gasteiger partial charge < -0.3 is 10.8 Å². The smallest absolute Gasteiger partial charge is 0.318 e. The molecule has 0 radical (unpaired) electrons. The van der Waals surface area contributed by atoms with Crippen molar-refractivity contribution in [2.24, 2.45) is 5.73 Å². The number of nitrogens with two attached hydrogens (primary N) is 1. The second-order valence-electron chi connectivity index (χ2n) is 4.24. The zero-order valence-corrected chi connectivity index (χ0v) is 10.9. The van der Waals surface area contributed by atoms with Crippen LogP contribution in [0.5, 0.6) is 0 Å². The van der Waals surface area contributed by atoms with Crippen LogP contribution in [0, 0.1) is 0 Å². The van der Waals surface area contributed by atoms with Crippen LogP contribution in [0.25, 0.3) is 0 Å². The molecule has 1 aromatic heterocycles. The highest BCUT2D eigenvalue weighted by atomic mass is 16.4. The van der Waals surface area contributed by atoms with Crippen molar-refractivity contribution in [1.82, 2.24) is 20.3 Å². The second kappa shape index (κ2) is 7.87. The lowest BCUT2D eigenvalue weighted by atomic mass is 10.1. The third kappa shape index (κ3) is 6.47. The topological polar surface area (TPSA) is 140 Å². The highest BCUT2D eigenvalue weighted by Crippen LogP contribution is 2.03. The molecule has 1 aromatic rings. The number of hydrogen-bond acceptors (Lipinski definition) is 5. The van der Waals surface area contributed by atoms with Gasteiger partial charge in [-0.1, -0.05) is 5.21 Å². The number of amides is 3. The Morgan fingerprint density at radius 1 is 1.30 bits per heavy atom.